The quantitative estimate of drug-likeness (QED) is 0.668. The minimum absolute atomic E-state index is 0.0504. The largest absolute Gasteiger partial charge is 0.356 e. The summed E-state index contributed by atoms with van der Waals surface area (Å²) in [6.45, 7) is 0.687. The van der Waals surface area contributed by atoms with Gasteiger partial charge in [0.05, 0.1) is 20.7 Å². The van der Waals surface area contributed by atoms with E-state index in [-0.39, 0.29) is 5.91 Å². The highest BCUT2D eigenvalue weighted by Crippen LogP contribution is 2.27. The van der Waals surface area contributed by atoms with Gasteiger partial charge >= 0.3 is 0 Å². The molecule has 0 fully saturated rings. The SMILES string of the molecule is O=C(CCc1cccc(Cl)c1Cl)NCCCc1nc2c(s1)CCCC2. The van der Waals surface area contributed by atoms with Crippen LogP contribution in [0.2, 0.25) is 10.0 Å². The van der Waals surface area contributed by atoms with Crippen LogP contribution in [-0.2, 0) is 30.5 Å². The van der Waals surface area contributed by atoms with E-state index in [1.165, 1.54) is 34.8 Å². The van der Waals surface area contributed by atoms with Crippen LogP contribution in [0, 0.1) is 0 Å². The number of amides is 1. The lowest BCUT2D eigenvalue weighted by Gasteiger charge is -2.07. The number of nitrogens with zero attached hydrogens (tertiary/aromatic N) is 1. The normalized spacial score (nSPS) is 13.5. The molecule has 1 N–H and O–H groups in total. The Bertz CT molecular complexity index is 722. The van der Waals surface area contributed by atoms with Gasteiger partial charge in [0.15, 0.2) is 0 Å². The van der Waals surface area contributed by atoms with Crippen LogP contribution >= 0.6 is 34.5 Å². The van der Waals surface area contributed by atoms with Gasteiger partial charge in [-0.1, -0.05) is 35.3 Å². The molecule has 6 heteroatoms. The number of nitrogens with one attached hydrogen (secondary N) is 1. The predicted molar refractivity (Wildman–Crippen MR) is 105 cm³/mol. The van der Waals surface area contributed by atoms with Gasteiger partial charge in [-0.3, -0.25) is 4.79 Å². The van der Waals surface area contributed by atoms with Crippen molar-refractivity contribution in [3.05, 3.63) is 49.4 Å². The molecule has 2 aromatic rings. The fourth-order valence-electron chi connectivity index (χ4n) is 3.06. The van der Waals surface area contributed by atoms with Crippen LogP contribution in [0.25, 0.3) is 0 Å². The van der Waals surface area contributed by atoms with Gasteiger partial charge in [0.2, 0.25) is 5.91 Å². The van der Waals surface area contributed by atoms with E-state index in [1.807, 2.05) is 23.5 Å². The smallest absolute Gasteiger partial charge is 0.220 e. The summed E-state index contributed by atoms with van der Waals surface area (Å²) in [7, 11) is 0. The summed E-state index contributed by atoms with van der Waals surface area (Å²) in [5, 5.41) is 5.27. The second kappa shape index (κ2) is 9.02. The number of rotatable bonds is 7. The van der Waals surface area contributed by atoms with E-state index >= 15 is 0 Å². The first-order valence-electron chi connectivity index (χ1n) is 8.80. The number of fused-ring (bicyclic) bond motifs is 1. The lowest BCUT2D eigenvalue weighted by molar-refractivity contribution is -0.121. The minimum atomic E-state index is 0.0504. The van der Waals surface area contributed by atoms with Crippen LogP contribution in [0.5, 0.6) is 0 Å². The Hall–Kier alpha value is -1.10. The first-order chi connectivity index (χ1) is 12.1. The molecule has 3 rings (SSSR count). The summed E-state index contributed by atoms with van der Waals surface area (Å²) in [6, 6.07) is 5.52. The van der Waals surface area contributed by atoms with Gasteiger partial charge in [0.25, 0.3) is 0 Å². The van der Waals surface area contributed by atoms with Crippen molar-refractivity contribution < 1.29 is 4.79 Å². The van der Waals surface area contributed by atoms with E-state index in [0.29, 0.717) is 29.4 Å². The molecule has 1 aliphatic carbocycles. The Kier molecular flexibility index (Phi) is 6.74. The molecule has 0 saturated heterocycles. The molecule has 0 atom stereocenters. The first kappa shape index (κ1) is 18.7. The zero-order valence-electron chi connectivity index (χ0n) is 14.1. The van der Waals surface area contributed by atoms with Crippen LogP contribution in [0.15, 0.2) is 18.2 Å². The van der Waals surface area contributed by atoms with Crippen LogP contribution in [0.4, 0.5) is 0 Å². The van der Waals surface area contributed by atoms with Crippen LogP contribution in [-0.4, -0.2) is 17.4 Å². The number of benzene rings is 1. The van der Waals surface area contributed by atoms with Crippen molar-refractivity contribution in [2.75, 3.05) is 6.54 Å². The first-order valence-corrected chi connectivity index (χ1v) is 10.4. The summed E-state index contributed by atoms with van der Waals surface area (Å²) < 4.78 is 0. The number of aryl methyl sites for hydroxylation is 4. The summed E-state index contributed by atoms with van der Waals surface area (Å²) in [5.41, 5.74) is 2.23. The second-order valence-electron chi connectivity index (χ2n) is 6.35. The van der Waals surface area contributed by atoms with Crippen LogP contribution in [0.1, 0.15) is 46.8 Å². The van der Waals surface area contributed by atoms with E-state index in [9.17, 15) is 4.79 Å². The molecule has 0 spiro atoms. The maximum Gasteiger partial charge on any atom is 0.220 e. The van der Waals surface area contributed by atoms with Crippen LogP contribution in [0.3, 0.4) is 0 Å². The molecule has 1 amide bonds. The predicted octanol–water partition coefficient (Wildman–Crippen LogP) is 5.01. The standard InChI is InChI=1S/C19H22Cl2N2OS/c20-14-6-3-5-13(19(14)21)10-11-17(24)22-12-4-9-18-23-15-7-1-2-8-16(15)25-18/h3,5-6H,1-2,4,7-12H2,(H,22,24). The number of hydrogen-bond donors (Lipinski definition) is 1. The van der Waals surface area contributed by atoms with E-state index in [4.69, 9.17) is 28.2 Å². The molecular weight excluding hydrogens is 375 g/mol. The third kappa shape index (κ3) is 5.19. The maximum atomic E-state index is 12.0. The van der Waals surface area contributed by atoms with Gasteiger partial charge in [-0.2, -0.15) is 0 Å². The average molecular weight is 397 g/mol. The van der Waals surface area contributed by atoms with Crippen molar-refractivity contribution in [3.8, 4) is 0 Å². The molecule has 3 nitrogen and oxygen atoms in total. The fourth-order valence-corrected chi connectivity index (χ4v) is 4.67. The average Bonchev–Trinajstić information content (AvgIpc) is 3.03. The van der Waals surface area contributed by atoms with Gasteiger partial charge < -0.3 is 5.32 Å². The molecule has 0 aliphatic heterocycles. The Morgan fingerprint density at radius 1 is 1.20 bits per heavy atom. The van der Waals surface area contributed by atoms with Gasteiger partial charge in [0, 0.05) is 24.3 Å². The van der Waals surface area contributed by atoms with Gasteiger partial charge in [-0.15, -0.1) is 11.3 Å². The monoisotopic (exact) mass is 396 g/mol. The number of carbonyl (C=O) groups is 1. The lowest BCUT2D eigenvalue weighted by Crippen LogP contribution is -2.25. The number of halogens is 2. The number of hydrogen-bond acceptors (Lipinski definition) is 3. The summed E-state index contributed by atoms with van der Waals surface area (Å²) in [6.07, 6.45) is 7.78. The van der Waals surface area contributed by atoms with Crippen molar-refractivity contribution in [1.82, 2.24) is 10.3 Å². The highest BCUT2D eigenvalue weighted by Gasteiger charge is 2.14. The molecule has 0 saturated carbocycles. The van der Waals surface area contributed by atoms with Gasteiger partial charge in [0.1, 0.15) is 0 Å². The van der Waals surface area contributed by atoms with Crippen molar-refractivity contribution in [2.24, 2.45) is 0 Å². The molecule has 134 valence electrons. The Labute approximate surface area is 162 Å². The number of carbonyl (C=O) groups excluding carboxylic acids is 1. The maximum absolute atomic E-state index is 12.0. The molecule has 0 bridgehead atoms. The molecule has 1 aliphatic rings. The van der Waals surface area contributed by atoms with E-state index in [0.717, 1.165) is 24.8 Å². The zero-order valence-corrected chi connectivity index (χ0v) is 16.4. The van der Waals surface area contributed by atoms with Crippen molar-refractivity contribution in [2.45, 2.75) is 51.4 Å². The van der Waals surface area contributed by atoms with Crippen molar-refractivity contribution >= 4 is 40.4 Å². The fraction of sp³-hybridized carbons (Fsp3) is 0.474. The van der Waals surface area contributed by atoms with Gasteiger partial charge in [-0.25, -0.2) is 4.98 Å². The molecule has 1 aromatic heterocycles. The summed E-state index contributed by atoms with van der Waals surface area (Å²) in [5.74, 6) is 0.0504. The number of thiazole rings is 1. The molecule has 25 heavy (non-hydrogen) atoms. The Morgan fingerprint density at radius 2 is 2.04 bits per heavy atom. The topological polar surface area (TPSA) is 42.0 Å². The zero-order chi connectivity index (χ0) is 17.6. The molecular formula is C19H22Cl2N2OS. The third-order valence-corrected chi connectivity index (χ3v) is 6.51. The minimum Gasteiger partial charge on any atom is -0.356 e. The highest BCUT2D eigenvalue weighted by atomic mass is 35.5. The van der Waals surface area contributed by atoms with Crippen molar-refractivity contribution in [3.63, 3.8) is 0 Å². The van der Waals surface area contributed by atoms with Crippen molar-refractivity contribution in [1.29, 1.82) is 0 Å². The third-order valence-electron chi connectivity index (χ3n) is 4.43. The Balaban J connectivity index is 1.36. The van der Waals surface area contributed by atoms with E-state index in [1.54, 1.807) is 6.07 Å². The Morgan fingerprint density at radius 3 is 2.88 bits per heavy atom. The van der Waals surface area contributed by atoms with Gasteiger partial charge in [-0.05, 0) is 50.2 Å². The number of aromatic nitrogens is 1. The van der Waals surface area contributed by atoms with E-state index < -0.39 is 0 Å². The summed E-state index contributed by atoms with van der Waals surface area (Å²) >= 11 is 14.0. The van der Waals surface area contributed by atoms with E-state index in [2.05, 4.69) is 5.32 Å². The molecule has 1 aromatic carbocycles. The van der Waals surface area contributed by atoms with Crippen LogP contribution < -0.4 is 5.32 Å². The molecule has 0 unspecified atom stereocenters. The highest BCUT2D eigenvalue weighted by molar-refractivity contribution is 7.11. The molecule has 0 radical (unpaired) electrons. The second-order valence-corrected chi connectivity index (χ2v) is 8.30. The lowest BCUT2D eigenvalue weighted by atomic mass is 10.0. The molecule has 1 heterocycles. The summed E-state index contributed by atoms with van der Waals surface area (Å²) in [4.78, 5) is 18.2.